The first kappa shape index (κ1) is 23.8. The summed E-state index contributed by atoms with van der Waals surface area (Å²) >= 11 is 6.30. The largest absolute Gasteiger partial charge is 0.369 e. The van der Waals surface area contributed by atoms with E-state index in [1.54, 1.807) is 6.20 Å². The molecule has 4 heterocycles. The zero-order chi connectivity index (χ0) is 23.4. The Hall–Kier alpha value is -2.39. The Morgan fingerprint density at radius 2 is 2.09 bits per heavy atom. The Bertz CT molecular complexity index is 956. The minimum absolute atomic E-state index is 0.262. The van der Waals surface area contributed by atoms with Gasteiger partial charge in [-0.05, 0) is 32.1 Å². The molecule has 2 aromatic heterocycles. The van der Waals surface area contributed by atoms with Gasteiger partial charge in [0.1, 0.15) is 10.8 Å². The van der Waals surface area contributed by atoms with Crippen LogP contribution >= 0.6 is 11.6 Å². The number of halogens is 1. The number of anilines is 3. The van der Waals surface area contributed by atoms with Crippen molar-refractivity contribution in [3.05, 3.63) is 23.1 Å². The molecule has 180 valence electrons. The van der Waals surface area contributed by atoms with Gasteiger partial charge in [-0.25, -0.2) is 4.98 Å². The van der Waals surface area contributed by atoms with E-state index in [0.29, 0.717) is 41.7 Å². The standard InChI is InChI=1S/C23H35ClN8O/c1-16(2)12-30-13-18(14-30)32-15-20(17(3)29-32)27-23-26-11-19(24)22(28-23)25-8-6-10-31-9-5-4-7-21(31)33/h11,15-16,18H,4-10,12-14H2,1-3H3,(H2,25,26,27,28). The molecule has 2 saturated heterocycles. The normalized spacial score (nSPS) is 17.5. The maximum absolute atomic E-state index is 11.9. The summed E-state index contributed by atoms with van der Waals surface area (Å²) in [5.41, 5.74) is 1.81. The van der Waals surface area contributed by atoms with E-state index < -0.39 is 0 Å². The van der Waals surface area contributed by atoms with Crippen molar-refractivity contribution < 1.29 is 4.79 Å². The second kappa shape index (κ2) is 10.7. The Kier molecular flexibility index (Phi) is 7.70. The number of likely N-dealkylation sites (tertiary alicyclic amines) is 2. The fourth-order valence-corrected chi connectivity index (χ4v) is 4.57. The van der Waals surface area contributed by atoms with E-state index in [0.717, 1.165) is 63.4 Å². The summed E-state index contributed by atoms with van der Waals surface area (Å²) in [5, 5.41) is 11.7. The van der Waals surface area contributed by atoms with Crippen molar-refractivity contribution in [2.45, 2.75) is 52.5 Å². The van der Waals surface area contributed by atoms with Gasteiger partial charge in [-0.2, -0.15) is 10.1 Å². The van der Waals surface area contributed by atoms with E-state index in [2.05, 4.69) is 39.3 Å². The fraction of sp³-hybridized carbons (Fsp3) is 0.652. The van der Waals surface area contributed by atoms with Crippen LogP contribution in [0, 0.1) is 12.8 Å². The molecule has 0 atom stereocenters. The molecule has 10 heteroatoms. The van der Waals surface area contributed by atoms with E-state index >= 15 is 0 Å². The molecule has 0 spiro atoms. The van der Waals surface area contributed by atoms with Crippen LogP contribution in [0.25, 0.3) is 0 Å². The monoisotopic (exact) mass is 474 g/mol. The van der Waals surface area contributed by atoms with Crippen molar-refractivity contribution >= 4 is 35.0 Å². The topological polar surface area (TPSA) is 91.2 Å². The zero-order valence-electron chi connectivity index (χ0n) is 19.8. The van der Waals surface area contributed by atoms with Crippen LogP contribution in [0.5, 0.6) is 0 Å². The molecular weight excluding hydrogens is 440 g/mol. The summed E-state index contributed by atoms with van der Waals surface area (Å²) in [6.45, 7) is 12.0. The van der Waals surface area contributed by atoms with Gasteiger partial charge >= 0.3 is 0 Å². The molecule has 0 radical (unpaired) electrons. The number of piperidine rings is 1. The number of nitrogens with one attached hydrogen (secondary N) is 2. The first-order valence-corrected chi connectivity index (χ1v) is 12.4. The average molecular weight is 475 g/mol. The first-order chi connectivity index (χ1) is 15.9. The summed E-state index contributed by atoms with van der Waals surface area (Å²) in [5.74, 6) is 2.01. The lowest BCUT2D eigenvalue weighted by Gasteiger charge is -2.40. The predicted molar refractivity (Wildman–Crippen MR) is 131 cm³/mol. The number of carbonyl (C=O) groups excluding carboxylic acids is 1. The summed E-state index contributed by atoms with van der Waals surface area (Å²) in [4.78, 5) is 25.2. The Morgan fingerprint density at radius 1 is 1.27 bits per heavy atom. The first-order valence-electron chi connectivity index (χ1n) is 12.0. The molecule has 0 saturated carbocycles. The summed E-state index contributed by atoms with van der Waals surface area (Å²) in [6, 6.07) is 0.410. The van der Waals surface area contributed by atoms with E-state index in [4.69, 9.17) is 16.7 Å². The molecule has 2 aliphatic heterocycles. The highest BCUT2D eigenvalue weighted by Gasteiger charge is 2.29. The van der Waals surface area contributed by atoms with Crippen LogP contribution in [0.4, 0.5) is 17.5 Å². The van der Waals surface area contributed by atoms with Crippen molar-refractivity contribution in [2.75, 3.05) is 49.9 Å². The smallest absolute Gasteiger partial charge is 0.229 e. The third kappa shape index (κ3) is 6.14. The van der Waals surface area contributed by atoms with Gasteiger partial charge in [0.05, 0.1) is 23.6 Å². The molecule has 0 aliphatic carbocycles. The van der Waals surface area contributed by atoms with Crippen molar-refractivity contribution in [1.82, 2.24) is 29.5 Å². The third-order valence-electron chi connectivity index (χ3n) is 6.16. The molecule has 1 amide bonds. The molecule has 9 nitrogen and oxygen atoms in total. The van der Waals surface area contributed by atoms with Crippen LogP contribution < -0.4 is 10.6 Å². The number of hydrogen-bond donors (Lipinski definition) is 2. The summed E-state index contributed by atoms with van der Waals surface area (Å²) < 4.78 is 2.05. The average Bonchev–Trinajstić information content (AvgIpc) is 3.10. The molecule has 33 heavy (non-hydrogen) atoms. The quantitative estimate of drug-likeness (QED) is 0.507. The SMILES string of the molecule is Cc1nn(C2CN(CC(C)C)C2)cc1Nc1ncc(Cl)c(NCCCN2CCCCC2=O)n1. The van der Waals surface area contributed by atoms with Crippen LogP contribution in [0.1, 0.15) is 51.3 Å². The van der Waals surface area contributed by atoms with E-state index in [1.807, 2.05) is 22.7 Å². The zero-order valence-corrected chi connectivity index (χ0v) is 20.6. The van der Waals surface area contributed by atoms with E-state index in [-0.39, 0.29) is 5.91 Å². The molecule has 2 N–H and O–H groups in total. The number of carbonyl (C=O) groups is 1. The molecule has 2 fully saturated rings. The second-order valence-corrected chi connectivity index (χ2v) is 9.91. The van der Waals surface area contributed by atoms with Gasteiger partial charge in [0.15, 0.2) is 0 Å². The number of rotatable bonds is 10. The number of amides is 1. The Morgan fingerprint density at radius 3 is 2.85 bits per heavy atom. The molecule has 0 unspecified atom stereocenters. The minimum atomic E-state index is 0.262. The maximum atomic E-state index is 11.9. The summed E-state index contributed by atoms with van der Waals surface area (Å²) in [6.07, 6.45) is 7.26. The number of nitrogens with zero attached hydrogens (tertiary/aromatic N) is 6. The molecule has 2 aliphatic rings. The van der Waals surface area contributed by atoms with Crippen LogP contribution in [-0.2, 0) is 4.79 Å². The van der Waals surface area contributed by atoms with Crippen LogP contribution in [-0.4, -0.2) is 74.7 Å². The van der Waals surface area contributed by atoms with Crippen molar-refractivity contribution in [1.29, 1.82) is 0 Å². The van der Waals surface area contributed by atoms with Gasteiger partial charge < -0.3 is 15.5 Å². The molecule has 0 aromatic carbocycles. The molecule has 0 bridgehead atoms. The highest BCUT2D eigenvalue weighted by Crippen LogP contribution is 2.27. The second-order valence-electron chi connectivity index (χ2n) is 9.51. The molecular formula is C23H35ClN8O. The number of hydrogen-bond acceptors (Lipinski definition) is 7. The van der Waals surface area contributed by atoms with Gasteiger partial charge in [-0.15, -0.1) is 0 Å². The predicted octanol–water partition coefficient (Wildman–Crippen LogP) is 3.71. The highest BCUT2D eigenvalue weighted by atomic mass is 35.5. The molecule has 2 aromatic rings. The highest BCUT2D eigenvalue weighted by molar-refractivity contribution is 6.32. The van der Waals surface area contributed by atoms with Gasteiger partial charge in [-0.3, -0.25) is 14.4 Å². The van der Waals surface area contributed by atoms with Gasteiger partial charge in [0.25, 0.3) is 0 Å². The van der Waals surface area contributed by atoms with Crippen LogP contribution in [0.3, 0.4) is 0 Å². The van der Waals surface area contributed by atoms with Crippen LogP contribution in [0.2, 0.25) is 5.02 Å². The fourth-order valence-electron chi connectivity index (χ4n) is 4.41. The van der Waals surface area contributed by atoms with Gasteiger partial charge in [0, 0.05) is 51.9 Å². The lowest BCUT2D eigenvalue weighted by Crippen LogP contribution is -2.49. The van der Waals surface area contributed by atoms with Crippen molar-refractivity contribution in [2.24, 2.45) is 5.92 Å². The van der Waals surface area contributed by atoms with E-state index in [9.17, 15) is 4.79 Å². The Balaban J connectivity index is 1.30. The number of aryl methyl sites for hydroxylation is 1. The Labute approximate surface area is 200 Å². The maximum Gasteiger partial charge on any atom is 0.229 e. The van der Waals surface area contributed by atoms with Crippen LogP contribution in [0.15, 0.2) is 12.4 Å². The molecule has 4 rings (SSSR count). The van der Waals surface area contributed by atoms with E-state index in [1.165, 1.54) is 0 Å². The minimum Gasteiger partial charge on any atom is -0.369 e. The van der Waals surface area contributed by atoms with Gasteiger partial charge in [0.2, 0.25) is 11.9 Å². The third-order valence-corrected chi connectivity index (χ3v) is 6.44. The number of aromatic nitrogens is 4. The lowest BCUT2D eigenvalue weighted by atomic mass is 10.1. The van der Waals surface area contributed by atoms with Gasteiger partial charge in [-0.1, -0.05) is 25.4 Å². The lowest BCUT2D eigenvalue weighted by molar-refractivity contribution is -0.133. The van der Waals surface area contributed by atoms with Crippen molar-refractivity contribution in [3.63, 3.8) is 0 Å². The van der Waals surface area contributed by atoms with Crippen molar-refractivity contribution in [3.8, 4) is 0 Å². The summed E-state index contributed by atoms with van der Waals surface area (Å²) in [7, 11) is 0.